The van der Waals surface area contributed by atoms with E-state index < -0.39 is 0 Å². The van der Waals surface area contributed by atoms with Crippen LogP contribution in [0.25, 0.3) is 10.9 Å². The van der Waals surface area contributed by atoms with Crippen LogP contribution in [0.4, 0.5) is 0 Å². The van der Waals surface area contributed by atoms with Gasteiger partial charge in [-0.1, -0.05) is 37.8 Å². The molecule has 0 aliphatic rings. The largest absolute Gasteiger partial charge is 0.349 e. The van der Waals surface area contributed by atoms with Crippen molar-refractivity contribution in [3.8, 4) is 0 Å². The van der Waals surface area contributed by atoms with Gasteiger partial charge < -0.3 is 5.32 Å². The van der Waals surface area contributed by atoms with Crippen molar-refractivity contribution in [2.75, 3.05) is 6.54 Å². The summed E-state index contributed by atoms with van der Waals surface area (Å²) in [5.74, 6) is 0.0563. The molecule has 1 aromatic carbocycles. The van der Waals surface area contributed by atoms with Gasteiger partial charge in [-0.15, -0.1) is 24.8 Å². The molecule has 0 fully saturated rings. The van der Waals surface area contributed by atoms with Crippen LogP contribution >= 0.6 is 24.8 Å². The van der Waals surface area contributed by atoms with E-state index in [2.05, 4.69) is 22.2 Å². The van der Waals surface area contributed by atoms with Crippen LogP contribution in [0.3, 0.4) is 0 Å². The molecule has 0 atom stereocenters. The summed E-state index contributed by atoms with van der Waals surface area (Å²) in [6.45, 7) is 4.88. The molecular formula is C16H23Cl2N3O. The Morgan fingerprint density at radius 1 is 1.18 bits per heavy atom. The molecule has 0 saturated heterocycles. The minimum Gasteiger partial charge on any atom is -0.349 e. The van der Waals surface area contributed by atoms with Gasteiger partial charge in [0.1, 0.15) is 0 Å². The number of unbranched alkanes of at least 4 members (excludes halogenated alkanes) is 3. The Morgan fingerprint density at radius 2 is 1.95 bits per heavy atom. The Hall–Kier alpha value is -1.39. The molecule has 0 unspecified atom stereocenters. The standard InChI is InChI=1S/C16H21N3O.2ClH/c1-3-4-5-6-9-17-16(20)15-18-11-13-10-12(2)7-8-14(13)19-15;;/h7-8,10-11H,3-6,9H2,1-2H3,(H,17,20);2*1H. The molecule has 0 aliphatic heterocycles. The third kappa shape index (κ3) is 5.78. The van der Waals surface area contributed by atoms with Crippen LogP contribution < -0.4 is 5.32 Å². The van der Waals surface area contributed by atoms with E-state index in [9.17, 15) is 4.79 Å². The zero-order valence-corrected chi connectivity index (χ0v) is 14.6. The lowest BCUT2D eigenvalue weighted by molar-refractivity contribution is 0.0943. The first-order chi connectivity index (χ1) is 9.70. The minimum atomic E-state index is -0.191. The quantitative estimate of drug-likeness (QED) is 0.803. The lowest BCUT2D eigenvalue weighted by atomic mass is 10.2. The second-order valence-electron chi connectivity index (χ2n) is 5.07. The first-order valence-electron chi connectivity index (χ1n) is 7.22. The van der Waals surface area contributed by atoms with Crippen molar-refractivity contribution in [2.45, 2.75) is 39.5 Å². The van der Waals surface area contributed by atoms with Crippen LogP contribution in [0, 0.1) is 6.92 Å². The second kappa shape index (κ2) is 10.4. The van der Waals surface area contributed by atoms with Crippen molar-refractivity contribution >= 4 is 41.6 Å². The molecular weight excluding hydrogens is 321 g/mol. The predicted molar refractivity (Wildman–Crippen MR) is 95.2 cm³/mol. The second-order valence-corrected chi connectivity index (χ2v) is 5.07. The van der Waals surface area contributed by atoms with Gasteiger partial charge in [-0.25, -0.2) is 9.97 Å². The van der Waals surface area contributed by atoms with Gasteiger partial charge in [-0.2, -0.15) is 0 Å². The predicted octanol–water partition coefficient (Wildman–Crippen LogP) is 4.09. The van der Waals surface area contributed by atoms with Gasteiger partial charge in [0, 0.05) is 18.1 Å². The summed E-state index contributed by atoms with van der Waals surface area (Å²) in [7, 11) is 0. The van der Waals surface area contributed by atoms with Gasteiger partial charge >= 0.3 is 0 Å². The molecule has 2 rings (SSSR count). The molecule has 1 N–H and O–H groups in total. The number of rotatable bonds is 6. The summed E-state index contributed by atoms with van der Waals surface area (Å²) in [6.07, 6.45) is 6.27. The lowest BCUT2D eigenvalue weighted by Crippen LogP contribution is -2.26. The number of nitrogens with one attached hydrogen (secondary N) is 1. The number of benzene rings is 1. The number of carbonyl (C=O) groups excluding carboxylic acids is 1. The molecule has 0 saturated carbocycles. The lowest BCUT2D eigenvalue weighted by Gasteiger charge is -2.05. The molecule has 4 nitrogen and oxygen atoms in total. The summed E-state index contributed by atoms with van der Waals surface area (Å²) in [5.41, 5.74) is 1.97. The maximum absolute atomic E-state index is 12.0. The van der Waals surface area contributed by atoms with Crippen molar-refractivity contribution < 1.29 is 4.79 Å². The summed E-state index contributed by atoms with van der Waals surface area (Å²) >= 11 is 0. The van der Waals surface area contributed by atoms with Gasteiger partial charge in [0.2, 0.25) is 5.82 Å². The Balaban J connectivity index is 0.00000220. The third-order valence-corrected chi connectivity index (χ3v) is 3.25. The van der Waals surface area contributed by atoms with E-state index in [4.69, 9.17) is 0 Å². The molecule has 0 aliphatic carbocycles. The van der Waals surface area contributed by atoms with Crippen LogP contribution in [0.1, 0.15) is 48.8 Å². The fraction of sp³-hybridized carbons (Fsp3) is 0.438. The summed E-state index contributed by atoms with van der Waals surface area (Å²) in [6, 6.07) is 5.92. The van der Waals surface area contributed by atoms with Crippen LogP contribution in [0.5, 0.6) is 0 Å². The van der Waals surface area contributed by atoms with E-state index in [0.717, 1.165) is 29.3 Å². The van der Waals surface area contributed by atoms with Crippen LogP contribution in [-0.2, 0) is 0 Å². The van der Waals surface area contributed by atoms with Gasteiger partial charge in [0.25, 0.3) is 5.91 Å². The van der Waals surface area contributed by atoms with Crippen LogP contribution in [0.2, 0.25) is 0 Å². The van der Waals surface area contributed by atoms with E-state index >= 15 is 0 Å². The van der Waals surface area contributed by atoms with E-state index in [1.807, 2.05) is 25.1 Å². The van der Waals surface area contributed by atoms with Gasteiger partial charge in [-0.3, -0.25) is 4.79 Å². The maximum Gasteiger partial charge on any atom is 0.289 e. The molecule has 22 heavy (non-hydrogen) atoms. The van der Waals surface area contributed by atoms with E-state index in [1.54, 1.807) is 6.20 Å². The molecule has 122 valence electrons. The van der Waals surface area contributed by atoms with Crippen molar-refractivity contribution in [1.29, 1.82) is 0 Å². The highest BCUT2D eigenvalue weighted by Gasteiger charge is 2.09. The normalized spacial score (nSPS) is 9.73. The summed E-state index contributed by atoms with van der Waals surface area (Å²) in [4.78, 5) is 20.4. The summed E-state index contributed by atoms with van der Waals surface area (Å²) < 4.78 is 0. The highest BCUT2D eigenvalue weighted by molar-refractivity contribution is 5.92. The van der Waals surface area contributed by atoms with Crippen LogP contribution in [0.15, 0.2) is 24.4 Å². The van der Waals surface area contributed by atoms with Crippen molar-refractivity contribution in [3.63, 3.8) is 0 Å². The van der Waals surface area contributed by atoms with Crippen molar-refractivity contribution in [3.05, 3.63) is 35.8 Å². The summed E-state index contributed by atoms with van der Waals surface area (Å²) in [5, 5.41) is 3.83. The first kappa shape index (κ1) is 20.6. The Bertz CT molecular complexity index is 605. The molecule has 2 aromatic rings. The Morgan fingerprint density at radius 3 is 2.68 bits per heavy atom. The number of aryl methyl sites for hydroxylation is 1. The number of nitrogens with zero attached hydrogens (tertiary/aromatic N) is 2. The smallest absolute Gasteiger partial charge is 0.289 e. The number of amides is 1. The van der Waals surface area contributed by atoms with E-state index in [0.29, 0.717) is 6.54 Å². The number of aromatic nitrogens is 2. The molecule has 0 spiro atoms. The molecule has 1 amide bonds. The number of fused-ring (bicyclic) bond motifs is 1. The van der Waals surface area contributed by atoms with E-state index in [-0.39, 0.29) is 36.5 Å². The molecule has 1 aromatic heterocycles. The topological polar surface area (TPSA) is 54.9 Å². The number of carbonyl (C=O) groups is 1. The number of halogens is 2. The zero-order valence-electron chi connectivity index (χ0n) is 13.0. The molecule has 0 bridgehead atoms. The third-order valence-electron chi connectivity index (χ3n) is 3.25. The van der Waals surface area contributed by atoms with Gasteiger partial charge in [-0.05, 0) is 25.5 Å². The Kier molecular flexibility index (Phi) is 9.70. The van der Waals surface area contributed by atoms with Gasteiger partial charge in [0.15, 0.2) is 0 Å². The van der Waals surface area contributed by atoms with Gasteiger partial charge in [0.05, 0.1) is 5.52 Å². The minimum absolute atomic E-state index is 0. The van der Waals surface area contributed by atoms with E-state index in [1.165, 1.54) is 12.8 Å². The monoisotopic (exact) mass is 343 g/mol. The highest BCUT2D eigenvalue weighted by Crippen LogP contribution is 2.12. The fourth-order valence-electron chi connectivity index (χ4n) is 2.09. The highest BCUT2D eigenvalue weighted by atomic mass is 35.5. The number of hydrogen-bond acceptors (Lipinski definition) is 3. The Labute approximate surface area is 143 Å². The molecule has 1 heterocycles. The van der Waals surface area contributed by atoms with Crippen molar-refractivity contribution in [1.82, 2.24) is 15.3 Å². The SMILES string of the molecule is CCCCCCNC(=O)c1ncc2cc(C)ccc2n1.Cl.Cl. The van der Waals surface area contributed by atoms with Crippen LogP contribution in [-0.4, -0.2) is 22.4 Å². The molecule has 0 radical (unpaired) electrons. The average Bonchev–Trinajstić information content (AvgIpc) is 2.46. The molecule has 6 heteroatoms. The van der Waals surface area contributed by atoms with Crippen molar-refractivity contribution in [2.24, 2.45) is 0 Å². The first-order valence-corrected chi connectivity index (χ1v) is 7.22. The zero-order chi connectivity index (χ0) is 14.4. The number of hydrogen-bond donors (Lipinski definition) is 1. The maximum atomic E-state index is 12.0. The average molecular weight is 344 g/mol. The fourth-order valence-corrected chi connectivity index (χ4v) is 2.09.